The number of hydrogen-bond acceptors (Lipinski definition) is 6. The predicted molar refractivity (Wildman–Crippen MR) is 101 cm³/mol. The molecule has 1 aromatic carbocycles. The largest absolute Gasteiger partial charge is 0.468 e. The van der Waals surface area contributed by atoms with E-state index in [4.69, 9.17) is 21.7 Å². The second-order valence-corrected chi connectivity index (χ2v) is 7.04. The van der Waals surface area contributed by atoms with Gasteiger partial charge in [0.05, 0.1) is 38.1 Å². The Balaban J connectivity index is 1.67. The summed E-state index contributed by atoms with van der Waals surface area (Å²) in [6.07, 6.45) is -1.37. The molecule has 2 aliphatic rings. The Hall–Kier alpha value is -2.69. The van der Waals surface area contributed by atoms with Gasteiger partial charge in [-0.3, -0.25) is 9.69 Å². The lowest BCUT2D eigenvalue weighted by atomic mass is 10.2. The molecule has 2 aliphatic heterocycles. The lowest BCUT2D eigenvalue weighted by Gasteiger charge is -2.20. The van der Waals surface area contributed by atoms with Gasteiger partial charge in [0, 0.05) is 12.1 Å². The van der Waals surface area contributed by atoms with Crippen molar-refractivity contribution in [3.05, 3.63) is 23.8 Å². The van der Waals surface area contributed by atoms with E-state index in [1.54, 1.807) is 0 Å². The van der Waals surface area contributed by atoms with Crippen molar-refractivity contribution in [2.24, 2.45) is 0 Å². The van der Waals surface area contributed by atoms with Crippen LogP contribution in [0.5, 0.6) is 0 Å². The van der Waals surface area contributed by atoms with Crippen LogP contribution in [0.4, 0.5) is 25.0 Å². The second kappa shape index (κ2) is 8.13. The van der Waals surface area contributed by atoms with E-state index >= 15 is 0 Å². The van der Waals surface area contributed by atoms with Crippen LogP contribution in [-0.2, 0) is 14.3 Å². The zero-order valence-corrected chi connectivity index (χ0v) is 16.1. The van der Waals surface area contributed by atoms with Gasteiger partial charge in [-0.05, 0) is 26.1 Å². The molecule has 11 heteroatoms. The van der Waals surface area contributed by atoms with Gasteiger partial charge in [-0.2, -0.15) is 0 Å². The number of amides is 2. The molecule has 1 aromatic rings. The van der Waals surface area contributed by atoms with Crippen LogP contribution < -0.4 is 20.4 Å². The fraction of sp³-hybridized carbons (Fsp3) is 0.471. The van der Waals surface area contributed by atoms with E-state index in [0.29, 0.717) is 0 Å². The lowest BCUT2D eigenvalue weighted by molar-refractivity contribution is -0.118. The van der Waals surface area contributed by atoms with Crippen LogP contribution in [0.2, 0.25) is 0 Å². The van der Waals surface area contributed by atoms with Gasteiger partial charge in [-0.1, -0.05) is 0 Å². The third-order valence-electron chi connectivity index (χ3n) is 4.12. The maximum Gasteiger partial charge on any atom is 0.414 e. The van der Waals surface area contributed by atoms with Crippen molar-refractivity contribution in [3.63, 3.8) is 0 Å². The summed E-state index contributed by atoms with van der Waals surface area (Å²) in [6.45, 7) is 3.84. The molecular formula is C17H20F2N4O4S. The highest BCUT2D eigenvalue weighted by molar-refractivity contribution is 7.80. The molecular weight excluding hydrogens is 394 g/mol. The van der Waals surface area contributed by atoms with Gasteiger partial charge in [-0.25, -0.2) is 13.6 Å². The van der Waals surface area contributed by atoms with E-state index in [1.165, 1.54) is 4.90 Å². The van der Waals surface area contributed by atoms with Gasteiger partial charge in [0.1, 0.15) is 11.8 Å². The lowest BCUT2D eigenvalue weighted by Crippen LogP contribution is -2.35. The van der Waals surface area contributed by atoms with Crippen LogP contribution in [0.3, 0.4) is 0 Å². The SMILES string of the molecule is CC(C)OC(=S)NC[C@H]1CN(c2cc(F)c(N3CNC(=O)C3)c(F)c2)C(=O)O1. The highest BCUT2D eigenvalue weighted by atomic mass is 32.1. The molecule has 28 heavy (non-hydrogen) atoms. The number of carbonyl (C=O) groups excluding carboxylic acids is 2. The summed E-state index contributed by atoms with van der Waals surface area (Å²) in [4.78, 5) is 25.8. The van der Waals surface area contributed by atoms with Gasteiger partial charge in [-0.15, -0.1) is 0 Å². The van der Waals surface area contributed by atoms with E-state index in [2.05, 4.69) is 10.6 Å². The quantitative estimate of drug-likeness (QED) is 0.707. The van der Waals surface area contributed by atoms with Crippen molar-refractivity contribution in [2.75, 3.05) is 36.1 Å². The van der Waals surface area contributed by atoms with Crippen LogP contribution in [0.15, 0.2) is 12.1 Å². The molecule has 2 fully saturated rings. The first-order chi connectivity index (χ1) is 13.2. The molecule has 0 bridgehead atoms. The summed E-state index contributed by atoms with van der Waals surface area (Å²) in [7, 11) is 0. The normalized spacial score (nSPS) is 19.1. The first-order valence-electron chi connectivity index (χ1n) is 8.68. The zero-order valence-electron chi connectivity index (χ0n) is 15.3. The van der Waals surface area contributed by atoms with Crippen molar-refractivity contribution in [1.82, 2.24) is 10.6 Å². The Morgan fingerprint density at radius 3 is 2.64 bits per heavy atom. The van der Waals surface area contributed by atoms with Crippen molar-refractivity contribution in [3.8, 4) is 0 Å². The van der Waals surface area contributed by atoms with E-state index in [1.807, 2.05) is 13.8 Å². The van der Waals surface area contributed by atoms with Crippen molar-refractivity contribution in [2.45, 2.75) is 26.1 Å². The molecule has 2 N–H and O–H groups in total. The molecule has 2 heterocycles. The molecule has 0 radical (unpaired) electrons. The molecule has 0 spiro atoms. The molecule has 0 unspecified atom stereocenters. The summed E-state index contributed by atoms with van der Waals surface area (Å²) < 4.78 is 39.5. The zero-order chi connectivity index (χ0) is 20.4. The Morgan fingerprint density at radius 2 is 2.07 bits per heavy atom. The number of ether oxygens (including phenoxy) is 2. The summed E-state index contributed by atoms with van der Waals surface area (Å²) in [5.41, 5.74) is -0.283. The number of carbonyl (C=O) groups is 2. The van der Waals surface area contributed by atoms with Gasteiger partial charge < -0.3 is 25.0 Å². The predicted octanol–water partition coefficient (Wildman–Crippen LogP) is 1.48. The van der Waals surface area contributed by atoms with Crippen LogP contribution in [-0.4, -0.2) is 55.7 Å². The van der Waals surface area contributed by atoms with Crippen LogP contribution in [0.25, 0.3) is 0 Å². The minimum atomic E-state index is -0.868. The number of nitrogens with zero attached hydrogens (tertiary/aromatic N) is 2. The number of hydrogen-bond donors (Lipinski definition) is 2. The first-order valence-corrected chi connectivity index (χ1v) is 9.08. The van der Waals surface area contributed by atoms with Crippen LogP contribution >= 0.6 is 12.2 Å². The average molecular weight is 414 g/mol. The number of halogens is 2. The number of anilines is 2. The van der Waals surface area contributed by atoms with Gasteiger partial charge >= 0.3 is 6.09 Å². The molecule has 8 nitrogen and oxygen atoms in total. The van der Waals surface area contributed by atoms with Crippen LogP contribution in [0.1, 0.15) is 13.8 Å². The van der Waals surface area contributed by atoms with Gasteiger partial charge in [0.25, 0.3) is 5.17 Å². The van der Waals surface area contributed by atoms with E-state index in [-0.39, 0.29) is 54.9 Å². The molecule has 152 valence electrons. The third-order valence-corrected chi connectivity index (χ3v) is 4.36. The van der Waals surface area contributed by atoms with Gasteiger partial charge in [0.15, 0.2) is 11.6 Å². The van der Waals surface area contributed by atoms with Crippen molar-refractivity contribution in [1.29, 1.82) is 0 Å². The number of nitrogens with one attached hydrogen (secondary N) is 2. The molecule has 0 saturated carbocycles. The monoisotopic (exact) mass is 414 g/mol. The first kappa shape index (κ1) is 20.1. The molecule has 2 saturated heterocycles. The minimum absolute atomic E-state index is 0.0177. The smallest absolute Gasteiger partial charge is 0.414 e. The molecule has 2 amide bonds. The Morgan fingerprint density at radius 1 is 1.39 bits per heavy atom. The maximum absolute atomic E-state index is 14.5. The topological polar surface area (TPSA) is 83.1 Å². The number of rotatable bonds is 5. The summed E-state index contributed by atoms with van der Waals surface area (Å²) in [5, 5.41) is 5.49. The number of benzene rings is 1. The fourth-order valence-corrected chi connectivity index (χ4v) is 3.20. The van der Waals surface area contributed by atoms with Crippen LogP contribution in [0, 0.1) is 11.6 Å². The minimum Gasteiger partial charge on any atom is -0.468 e. The summed E-state index contributed by atoms with van der Waals surface area (Å²) >= 11 is 5.01. The van der Waals surface area contributed by atoms with Crippen molar-refractivity contribution < 1.29 is 27.8 Å². The number of cyclic esters (lactones) is 1. The average Bonchev–Trinajstić information content (AvgIpc) is 3.17. The highest BCUT2D eigenvalue weighted by Gasteiger charge is 2.34. The fourth-order valence-electron chi connectivity index (χ4n) is 2.93. The van der Waals surface area contributed by atoms with E-state index < -0.39 is 23.8 Å². The summed E-state index contributed by atoms with van der Waals surface area (Å²) in [5.74, 6) is -2.06. The molecule has 0 aliphatic carbocycles. The van der Waals surface area contributed by atoms with Gasteiger partial charge in [0.2, 0.25) is 5.91 Å². The van der Waals surface area contributed by atoms with E-state index in [0.717, 1.165) is 17.0 Å². The Kier molecular flexibility index (Phi) is 5.82. The van der Waals surface area contributed by atoms with E-state index in [9.17, 15) is 18.4 Å². The van der Waals surface area contributed by atoms with Crippen molar-refractivity contribution >= 4 is 40.8 Å². The standard InChI is InChI=1S/C17H20F2N4O4S/c1-9(2)26-16(28)20-5-11-6-23(17(25)27-11)10-3-12(18)15(13(19)4-10)22-7-14(24)21-8-22/h3-4,9,11H,5-8H2,1-2H3,(H,20,28)(H,21,24)/t11-/m0/s1. The number of thiocarbonyl (C=S) groups is 1. The third kappa shape index (κ3) is 4.41. The molecule has 0 aromatic heterocycles. The summed E-state index contributed by atoms with van der Waals surface area (Å²) in [6, 6.07) is 2.09. The Labute approximate surface area is 165 Å². The highest BCUT2D eigenvalue weighted by Crippen LogP contribution is 2.31. The Bertz CT molecular complexity index is 784. The second-order valence-electron chi connectivity index (χ2n) is 6.67. The molecule has 1 atom stereocenters. The molecule has 3 rings (SSSR count). The maximum atomic E-state index is 14.5.